The van der Waals surface area contributed by atoms with Crippen molar-refractivity contribution in [2.24, 2.45) is 17.3 Å². The molecule has 1 aromatic carbocycles. The third-order valence-electron chi connectivity index (χ3n) is 6.62. The first-order valence-corrected chi connectivity index (χ1v) is 9.07. The SMILES string of the molecule is COC(=O)[C@H]1C[C@@H]1CCC12CCC(c3cccc(O)c3)(CC1)OC2. The normalized spacial score (nSPS) is 37.2. The van der Waals surface area contributed by atoms with E-state index in [9.17, 15) is 9.90 Å². The van der Waals surface area contributed by atoms with E-state index in [0.29, 0.717) is 17.1 Å². The lowest BCUT2D eigenvalue weighted by Gasteiger charge is -2.53. The molecule has 0 aromatic heterocycles. The Morgan fingerprint density at radius 3 is 2.75 bits per heavy atom. The Morgan fingerprint density at radius 2 is 2.12 bits per heavy atom. The van der Waals surface area contributed by atoms with Gasteiger partial charge in [0.2, 0.25) is 0 Å². The Bertz CT molecular complexity index is 614. The minimum Gasteiger partial charge on any atom is -0.508 e. The zero-order valence-corrected chi connectivity index (χ0v) is 14.3. The van der Waals surface area contributed by atoms with Crippen molar-refractivity contribution in [3.05, 3.63) is 29.8 Å². The highest BCUT2D eigenvalue weighted by molar-refractivity contribution is 5.75. The maximum atomic E-state index is 11.6. The Hall–Kier alpha value is -1.55. The molecule has 2 aliphatic heterocycles. The molecule has 1 N–H and O–H groups in total. The highest BCUT2D eigenvalue weighted by Crippen LogP contribution is 2.57. The molecule has 2 atom stereocenters. The first kappa shape index (κ1) is 15.9. The molecule has 1 aromatic rings. The monoisotopic (exact) mass is 330 g/mol. The Kier molecular flexibility index (Phi) is 3.83. The van der Waals surface area contributed by atoms with Gasteiger partial charge in [0.05, 0.1) is 25.2 Å². The van der Waals surface area contributed by atoms with Crippen LogP contribution in [0.15, 0.2) is 24.3 Å². The van der Waals surface area contributed by atoms with Gasteiger partial charge in [-0.2, -0.15) is 0 Å². The number of aromatic hydroxyl groups is 1. The summed E-state index contributed by atoms with van der Waals surface area (Å²) in [5.41, 5.74) is 1.21. The number of esters is 1. The number of ether oxygens (including phenoxy) is 2. The number of hydrogen-bond donors (Lipinski definition) is 1. The van der Waals surface area contributed by atoms with E-state index >= 15 is 0 Å². The summed E-state index contributed by atoms with van der Waals surface area (Å²) in [6, 6.07) is 7.54. The van der Waals surface area contributed by atoms with Crippen LogP contribution in [-0.4, -0.2) is 24.8 Å². The van der Waals surface area contributed by atoms with Gasteiger partial charge in [0.15, 0.2) is 0 Å². The van der Waals surface area contributed by atoms with Crippen molar-refractivity contribution in [1.29, 1.82) is 0 Å². The summed E-state index contributed by atoms with van der Waals surface area (Å²) in [5, 5.41) is 9.77. The van der Waals surface area contributed by atoms with Gasteiger partial charge in [-0.1, -0.05) is 12.1 Å². The smallest absolute Gasteiger partial charge is 0.308 e. The lowest BCUT2D eigenvalue weighted by Crippen LogP contribution is -2.49. The first-order chi connectivity index (χ1) is 11.6. The van der Waals surface area contributed by atoms with Crippen LogP contribution >= 0.6 is 0 Å². The Labute approximate surface area is 143 Å². The standard InChI is InChI=1S/C20H26O4/c1-23-18(22)17-11-14(17)5-6-19-7-9-20(10-8-19,24-13-19)15-3-2-4-16(21)12-15/h2-4,12,14,17,21H,5-11,13H2,1H3/t14-,17-,19?,20?/m0/s1. The van der Waals surface area contributed by atoms with Crippen molar-refractivity contribution in [3.8, 4) is 5.75 Å². The van der Waals surface area contributed by atoms with E-state index in [1.54, 1.807) is 6.07 Å². The lowest BCUT2D eigenvalue weighted by molar-refractivity contribution is -0.192. The van der Waals surface area contributed by atoms with Crippen LogP contribution in [0.3, 0.4) is 0 Å². The number of rotatable bonds is 5. The number of phenolic OH excluding ortho intramolecular Hbond substituents is 1. The summed E-state index contributed by atoms with van der Waals surface area (Å²) in [7, 11) is 1.48. The summed E-state index contributed by atoms with van der Waals surface area (Å²) in [6.07, 6.45) is 7.68. The van der Waals surface area contributed by atoms with E-state index in [4.69, 9.17) is 9.47 Å². The maximum Gasteiger partial charge on any atom is 0.308 e. The molecular formula is C20H26O4. The minimum absolute atomic E-state index is 0.0380. The number of hydrogen-bond acceptors (Lipinski definition) is 4. The molecule has 5 rings (SSSR count). The van der Waals surface area contributed by atoms with Gasteiger partial charge in [0.25, 0.3) is 0 Å². The molecule has 2 aliphatic carbocycles. The molecular weight excluding hydrogens is 304 g/mol. The van der Waals surface area contributed by atoms with Crippen LogP contribution in [0.4, 0.5) is 0 Å². The molecule has 4 heteroatoms. The van der Waals surface area contributed by atoms with Gasteiger partial charge in [-0.25, -0.2) is 0 Å². The molecule has 2 heterocycles. The highest BCUT2D eigenvalue weighted by Gasteiger charge is 2.52. The average Bonchev–Trinajstić information content (AvgIpc) is 3.41. The van der Waals surface area contributed by atoms with Gasteiger partial charge in [-0.15, -0.1) is 0 Å². The molecule has 130 valence electrons. The van der Waals surface area contributed by atoms with E-state index < -0.39 is 0 Å². The van der Waals surface area contributed by atoms with Gasteiger partial charge < -0.3 is 14.6 Å². The molecule has 2 saturated heterocycles. The maximum absolute atomic E-state index is 11.6. The fourth-order valence-electron chi connectivity index (χ4n) is 4.75. The second-order valence-corrected chi connectivity index (χ2v) is 8.00. The average molecular weight is 330 g/mol. The van der Waals surface area contributed by atoms with Crippen molar-refractivity contribution >= 4 is 5.97 Å². The van der Waals surface area contributed by atoms with Crippen molar-refractivity contribution in [2.45, 2.75) is 50.5 Å². The van der Waals surface area contributed by atoms with E-state index in [2.05, 4.69) is 6.07 Å². The summed E-state index contributed by atoms with van der Waals surface area (Å²) < 4.78 is 11.2. The van der Waals surface area contributed by atoms with Crippen LogP contribution in [-0.2, 0) is 19.9 Å². The number of phenols is 1. The molecule has 4 fully saturated rings. The van der Waals surface area contributed by atoms with Crippen LogP contribution in [0.1, 0.15) is 50.5 Å². The zero-order valence-electron chi connectivity index (χ0n) is 14.3. The third-order valence-corrected chi connectivity index (χ3v) is 6.62. The fraction of sp³-hybridized carbons (Fsp3) is 0.650. The van der Waals surface area contributed by atoms with Crippen LogP contribution in [0, 0.1) is 17.3 Å². The molecule has 0 amide bonds. The van der Waals surface area contributed by atoms with Gasteiger partial charge in [0, 0.05) is 0 Å². The van der Waals surface area contributed by atoms with Crippen molar-refractivity contribution in [3.63, 3.8) is 0 Å². The number of methoxy groups -OCH3 is 1. The van der Waals surface area contributed by atoms with Crippen LogP contribution in [0.5, 0.6) is 5.75 Å². The van der Waals surface area contributed by atoms with Crippen molar-refractivity contribution in [1.82, 2.24) is 0 Å². The van der Waals surface area contributed by atoms with Crippen molar-refractivity contribution in [2.75, 3.05) is 13.7 Å². The second-order valence-electron chi connectivity index (χ2n) is 8.00. The molecule has 4 nitrogen and oxygen atoms in total. The Balaban J connectivity index is 1.36. The van der Waals surface area contributed by atoms with Gasteiger partial charge in [-0.05, 0) is 74.0 Å². The predicted molar refractivity (Wildman–Crippen MR) is 89.5 cm³/mol. The minimum atomic E-state index is -0.200. The topological polar surface area (TPSA) is 55.8 Å². The lowest BCUT2D eigenvalue weighted by atomic mass is 9.62. The van der Waals surface area contributed by atoms with Crippen LogP contribution in [0.25, 0.3) is 0 Å². The first-order valence-electron chi connectivity index (χ1n) is 9.07. The predicted octanol–water partition coefficient (Wildman–Crippen LogP) is 3.77. The number of carbonyl (C=O) groups excluding carboxylic acids is 1. The van der Waals surface area contributed by atoms with Crippen LogP contribution in [0.2, 0.25) is 0 Å². The van der Waals surface area contributed by atoms with E-state index in [0.717, 1.165) is 44.3 Å². The quantitative estimate of drug-likeness (QED) is 0.835. The second kappa shape index (κ2) is 5.76. The molecule has 2 bridgehead atoms. The zero-order chi connectivity index (χ0) is 16.8. The fourth-order valence-corrected chi connectivity index (χ4v) is 4.75. The van der Waals surface area contributed by atoms with Gasteiger partial charge in [0.1, 0.15) is 5.75 Å². The number of fused-ring (bicyclic) bond motifs is 3. The summed E-state index contributed by atoms with van der Waals surface area (Å²) in [5.74, 6) is 0.941. The Morgan fingerprint density at radius 1 is 1.33 bits per heavy atom. The van der Waals surface area contributed by atoms with E-state index in [-0.39, 0.29) is 17.5 Å². The van der Waals surface area contributed by atoms with Gasteiger partial charge in [-0.3, -0.25) is 4.79 Å². The number of benzene rings is 1. The number of carbonyl (C=O) groups is 1. The third kappa shape index (κ3) is 2.71. The molecule has 4 aliphatic rings. The van der Waals surface area contributed by atoms with Crippen LogP contribution < -0.4 is 0 Å². The highest BCUT2D eigenvalue weighted by atomic mass is 16.5. The molecule has 0 radical (unpaired) electrons. The molecule has 0 unspecified atom stereocenters. The largest absolute Gasteiger partial charge is 0.508 e. The van der Waals surface area contributed by atoms with E-state index in [1.165, 1.54) is 20.0 Å². The van der Waals surface area contributed by atoms with Gasteiger partial charge >= 0.3 is 5.97 Å². The summed E-state index contributed by atoms with van der Waals surface area (Å²) in [6.45, 7) is 0.804. The summed E-state index contributed by atoms with van der Waals surface area (Å²) in [4.78, 5) is 11.6. The van der Waals surface area contributed by atoms with E-state index in [1.807, 2.05) is 12.1 Å². The molecule has 0 spiro atoms. The van der Waals surface area contributed by atoms with Crippen molar-refractivity contribution < 1.29 is 19.4 Å². The molecule has 2 saturated carbocycles. The molecule has 24 heavy (non-hydrogen) atoms. The summed E-state index contributed by atoms with van der Waals surface area (Å²) >= 11 is 0.